The molecule has 1 heterocycles. The van der Waals surface area contributed by atoms with Crippen molar-refractivity contribution in [1.29, 1.82) is 0 Å². The molecule has 5 nitrogen and oxygen atoms in total. The van der Waals surface area contributed by atoms with Gasteiger partial charge in [-0.1, -0.05) is 25.5 Å². The SMILES string of the molecule is CCCCc1ccc(Nc2cc(C(N)=O)c(N)cn2)cc1. The van der Waals surface area contributed by atoms with Crippen molar-refractivity contribution in [3.05, 3.63) is 47.7 Å². The fourth-order valence-electron chi connectivity index (χ4n) is 2.03. The Morgan fingerprint density at radius 3 is 2.62 bits per heavy atom. The molecule has 0 unspecified atom stereocenters. The Morgan fingerprint density at radius 1 is 1.29 bits per heavy atom. The molecule has 2 aromatic rings. The number of carbonyl (C=O) groups excluding carboxylic acids is 1. The molecule has 0 aliphatic heterocycles. The second-order valence-electron chi connectivity index (χ2n) is 4.95. The van der Waals surface area contributed by atoms with Crippen molar-refractivity contribution in [3.8, 4) is 0 Å². The van der Waals surface area contributed by atoms with E-state index in [1.807, 2.05) is 12.1 Å². The zero-order valence-corrected chi connectivity index (χ0v) is 12.1. The summed E-state index contributed by atoms with van der Waals surface area (Å²) in [7, 11) is 0. The molecule has 0 bridgehead atoms. The molecule has 5 N–H and O–H groups in total. The van der Waals surface area contributed by atoms with Crippen LogP contribution in [0.1, 0.15) is 35.7 Å². The summed E-state index contributed by atoms with van der Waals surface area (Å²) in [4.78, 5) is 15.4. The number of pyridine rings is 1. The van der Waals surface area contributed by atoms with Crippen molar-refractivity contribution in [3.63, 3.8) is 0 Å². The first kappa shape index (κ1) is 14.8. The first-order valence-electron chi connectivity index (χ1n) is 7.01. The second-order valence-corrected chi connectivity index (χ2v) is 4.95. The van der Waals surface area contributed by atoms with Crippen molar-refractivity contribution in [2.75, 3.05) is 11.1 Å². The summed E-state index contributed by atoms with van der Waals surface area (Å²) in [5.74, 6) is -0.0211. The molecule has 0 aliphatic rings. The molecule has 0 atom stereocenters. The van der Waals surface area contributed by atoms with Crippen LogP contribution in [0.5, 0.6) is 0 Å². The molecule has 0 radical (unpaired) electrons. The Balaban J connectivity index is 2.11. The number of hydrogen-bond acceptors (Lipinski definition) is 4. The molecule has 0 spiro atoms. The maximum absolute atomic E-state index is 11.3. The van der Waals surface area contributed by atoms with Gasteiger partial charge in [0.25, 0.3) is 5.91 Å². The van der Waals surface area contributed by atoms with Crippen molar-refractivity contribution in [2.45, 2.75) is 26.2 Å². The summed E-state index contributed by atoms with van der Waals surface area (Å²) in [6.45, 7) is 2.18. The van der Waals surface area contributed by atoms with Crippen molar-refractivity contribution in [1.82, 2.24) is 4.98 Å². The highest BCUT2D eigenvalue weighted by Crippen LogP contribution is 2.19. The molecule has 0 saturated heterocycles. The number of carbonyl (C=O) groups is 1. The van der Waals surface area contributed by atoms with Crippen LogP contribution in [0.15, 0.2) is 36.5 Å². The average molecular weight is 284 g/mol. The molecule has 1 aromatic heterocycles. The van der Waals surface area contributed by atoms with E-state index in [9.17, 15) is 4.79 Å². The van der Waals surface area contributed by atoms with E-state index in [0.29, 0.717) is 5.82 Å². The van der Waals surface area contributed by atoms with E-state index in [1.165, 1.54) is 24.6 Å². The summed E-state index contributed by atoms with van der Waals surface area (Å²) in [5.41, 5.74) is 13.7. The van der Waals surface area contributed by atoms with Crippen LogP contribution in [0.2, 0.25) is 0 Å². The van der Waals surface area contributed by atoms with Gasteiger partial charge in [0.2, 0.25) is 0 Å². The van der Waals surface area contributed by atoms with Gasteiger partial charge in [-0.2, -0.15) is 0 Å². The van der Waals surface area contributed by atoms with E-state index < -0.39 is 5.91 Å². The Bertz CT molecular complexity index is 623. The minimum absolute atomic E-state index is 0.270. The maximum atomic E-state index is 11.3. The molecule has 1 aromatic carbocycles. The summed E-state index contributed by atoms with van der Waals surface area (Å²) < 4.78 is 0. The quantitative estimate of drug-likeness (QED) is 0.760. The van der Waals surface area contributed by atoms with Gasteiger partial charge in [0.05, 0.1) is 17.4 Å². The number of aryl methyl sites for hydroxylation is 1. The van der Waals surface area contributed by atoms with E-state index in [2.05, 4.69) is 29.4 Å². The minimum Gasteiger partial charge on any atom is -0.397 e. The fraction of sp³-hybridized carbons (Fsp3) is 0.250. The van der Waals surface area contributed by atoms with Crippen molar-refractivity contribution in [2.24, 2.45) is 5.73 Å². The van der Waals surface area contributed by atoms with Gasteiger partial charge < -0.3 is 16.8 Å². The number of nitrogens with zero attached hydrogens (tertiary/aromatic N) is 1. The molecule has 0 fully saturated rings. The number of benzene rings is 1. The smallest absolute Gasteiger partial charge is 0.250 e. The summed E-state index contributed by atoms with van der Waals surface area (Å²) in [6, 6.07) is 9.72. The molecule has 2 rings (SSSR count). The number of hydrogen-bond donors (Lipinski definition) is 3. The number of aromatic nitrogens is 1. The van der Waals surface area contributed by atoms with E-state index >= 15 is 0 Å². The van der Waals surface area contributed by atoms with Gasteiger partial charge in [-0.25, -0.2) is 4.98 Å². The second kappa shape index (κ2) is 6.74. The third-order valence-corrected chi connectivity index (χ3v) is 3.25. The number of nitrogens with one attached hydrogen (secondary N) is 1. The molecule has 21 heavy (non-hydrogen) atoms. The van der Waals surface area contributed by atoms with Crippen LogP contribution >= 0.6 is 0 Å². The van der Waals surface area contributed by atoms with Gasteiger partial charge in [0, 0.05) is 5.69 Å². The average Bonchev–Trinajstić information content (AvgIpc) is 2.48. The predicted molar refractivity (Wildman–Crippen MR) is 85.5 cm³/mol. The molecule has 1 amide bonds. The van der Waals surface area contributed by atoms with E-state index in [0.717, 1.165) is 12.1 Å². The summed E-state index contributed by atoms with van der Waals surface area (Å²) in [5, 5.41) is 3.14. The monoisotopic (exact) mass is 284 g/mol. The molecular weight excluding hydrogens is 264 g/mol. The first-order chi connectivity index (χ1) is 10.1. The lowest BCUT2D eigenvalue weighted by Gasteiger charge is -2.09. The van der Waals surface area contributed by atoms with Crippen LogP contribution in [-0.4, -0.2) is 10.9 Å². The number of amides is 1. The van der Waals surface area contributed by atoms with Crippen molar-refractivity contribution >= 4 is 23.1 Å². The summed E-state index contributed by atoms with van der Waals surface area (Å²) >= 11 is 0. The van der Waals surface area contributed by atoms with Gasteiger partial charge in [0.1, 0.15) is 5.82 Å². The number of nitrogen functional groups attached to an aromatic ring is 1. The molecular formula is C16H20N4O. The van der Waals surface area contributed by atoms with Gasteiger partial charge in [-0.05, 0) is 36.6 Å². The maximum Gasteiger partial charge on any atom is 0.250 e. The highest BCUT2D eigenvalue weighted by molar-refractivity contribution is 5.98. The zero-order valence-electron chi connectivity index (χ0n) is 12.1. The Morgan fingerprint density at radius 2 is 2.00 bits per heavy atom. The lowest BCUT2D eigenvalue weighted by atomic mass is 10.1. The van der Waals surface area contributed by atoms with Gasteiger partial charge in [0.15, 0.2) is 0 Å². The highest BCUT2D eigenvalue weighted by atomic mass is 16.1. The highest BCUT2D eigenvalue weighted by Gasteiger charge is 2.08. The van der Waals surface area contributed by atoms with Crippen LogP contribution in [0.4, 0.5) is 17.2 Å². The molecule has 5 heteroatoms. The predicted octanol–water partition coefficient (Wildman–Crippen LogP) is 2.85. The lowest BCUT2D eigenvalue weighted by molar-refractivity contribution is 0.100. The number of anilines is 3. The first-order valence-corrected chi connectivity index (χ1v) is 7.01. The van der Waals surface area contributed by atoms with Crippen LogP contribution < -0.4 is 16.8 Å². The molecule has 0 saturated carbocycles. The standard InChI is InChI=1S/C16H20N4O/c1-2-3-4-11-5-7-12(8-6-11)20-15-9-13(16(18)21)14(17)10-19-15/h5-10H,2-4,17H2,1H3,(H2,18,21)(H,19,20). The van der Waals surface area contributed by atoms with Gasteiger partial charge in [-0.15, -0.1) is 0 Å². The molecule has 0 aliphatic carbocycles. The van der Waals surface area contributed by atoms with Crippen LogP contribution in [-0.2, 0) is 6.42 Å². The zero-order chi connectivity index (χ0) is 15.2. The van der Waals surface area contributed by atoms with Crippen LogP contribution in [0.3, 0.4) is 0 Å². The Kier molecular flexibility index (Phi) is 4.77. The van der Waals surface area contributed by atoms with E-state index in [1.54, 1.807) is 6.07 Å². The lowest BCUT2D eigenvalue weighted by Crippen LogP contribution is -2.14. The number of primary amides is 1. The fourth-order valence-corrected chi connectivity index (χ4v) is 2.03. The normalized spacial score (nSPS) is 10.3. The molecule has 110 valence electrons. The Labute approximate surface area is 124 Å². The summed E-state index contributed by atoms with van der Waals surface area (Å²) in [6.07, 6.45) is 4.89. The number of nitrogens with two attached hydrogens (primary N) is 2. The minimum atomic E-state index is -0.562. The van der Waals surface area contributed by atoms with Crippen LogP contribution in [0.25, 0.3) is 0 Å². The number of rotatable bonds is 6. The Hall–Kier alpha value is -2.56. The van der Waals surface area contributed by atoms with E-state index in [4.69, 9.17) is 11.5 Å². The van der Waals surface area contributed by atoms with Crippen molar-refractivity contribution < 1.29 is 4.79 Å². The van der Waals surface area contributed by atoms with Crippen LogP contribution in [0, 0.1) is 0 Å². The third-order valence-electron chi connectivity index (χ3n) is 3.25. The topological polar surface area (TPSA) is 94.0 Å². The van der Waals surface area contributed by atoms with Gasteiger partial charge >= 0.3 is 0 Å². The largest absolute Gasteiger partial charge is 0.397 e. The third kappa shape index (κ3) is 3.95. The van der Waals surface area contributed by atoms with Gasteiger partial charge in [-0.3, -0.25) is 4.79 Å². The number of unbranched alkanes of at least 4 members (excludes halogenated alkanes) is 1. The van der Waals surface area contributed by atoms with E-state index in [-0.39, 0.29) is 11.3 Å².